The monoisotopic (exact) mass is 233 g/mol. The average molecular weight is 233 g/mol. The number of pyridine rings is 1. The minimum atomic E-state index is 0.00792. The number of aryl methyl sites for hydroxylation is 2. The number of hydrogen-bond acceptors (Lipinski definition) is 4. The van der Waals surface area contributed by atoms with Crippen molar-refractivity contribution in [3.05, 3.63) is 45.7 Å². The molecule has 0 saturated carbocycles. The van der Waals surface area contributed by atoms with Crippen LogP contribution in [0, 0.1) is 13.8 Å². The van der Waals surface area contributed by atoms with Crippen LogP contribution in [0.1, 0.15) is 27.9 Å². The molecule has 0 aromatic carbocycles. The Morgan fingerprint density at radius 3 is 2.88 bits per heavy atom. The van der Waals surface area contributed by atoms with Gasteiger partial charge in [-0.1, -0.05) is 0 Å². The number of rotatable bonds is 3. The Balaban J connectivity index is 2.14. The van der Waals surface area contributed by atoms with E-state index in [0.717, 1.165) is 28.2 Å². The number of aromatic nitrogens is 2. The molecule has 84 valence electrons. The van der Waals surface area contributed by atoms with Crippen molar-refractivity contribution in [2.45, 2.75) is 26.3 Å². The molecule has 0 bridgehead atoms. The summed E-state index contributed by atoms with van der Waals surface area (Å²) in [5.41, 5.74) is 9.54. The highest BCUT2D eigenvalue weighted by Gasteiger charge is 2.11. The third kappa shape index (κ3) is 2.46. The predicted octanol–water partition coefficient (Wildman–Crippen LogP) is 2.40. The Hall–Kier alpha value is -1.26. The molecule has 1 unspecified atom stereocenters. The number of nitrogens with two attached hydrogens (primary N) is 1. The Morgan fingerprint density at radius 1 is 1.44 bits per heavy atom. The van der Waals surface area contributed by atoms with Gasteiger partial charge in [-0.15, -0.1) is 11.3 Å². The van der Waals surface area contributed by atoms with Crippen molar-refractivity contribution in [1.82, 2.24) is 9.97 Å². The van der Waals surface area contributed by atoms with Gasteiger partial charge in [-0.2, -0.15) is 0 Å². The maximum absolute atomic E-state index is 6.18. The summed E-state index contributed by atoms with van der Waals surface area (Å²) in [6.07, 6.45) is 4.43. The predicted molar refractivity (Wildman–Crippen MR) is 66.5 cm³/mol. The van der Waals surface area contributed by atoms with E-state index in [0.29, 0.717) is 0 Å². The quantitative estimate of drug-likeness (QED) is 0.885. The van der Waals surface area contributed by atoms with Gasteiger partial charge in [0.1, 0.15) is 0 Å². The van der Waals surface area contributed by atoms with Gasteiger partial charge in [0.2, 0.25) is 0 Å². The molecule has 2 aromatic rings. The zero-order chi connectivity index (χ0) is 11.5. The molecular weight excluding hydrogens is 218 g/mol. The molecule has 0 aliphatic carbocycles. The first-order valence-corrected chi connectivity index (χ1v) is 6.12. The summed E-state index contributed by atoms with van der Waals surface area (Å²) in [5, 5.41) is 3.16. The molecule has 2 rings (SSSR count). The molecule has 0 fully saturated rings. The Bertz CT molecular complexity index is 479. The van der Waals surface area contributed by atoms with Crippen molar-refractivity contribution in [2.24, 2.45) is 5.73 Å². The molecule has 0 spiro atoms. The molecule has 0 aliphatic heterocycles. The van der Waals surface area contributed by atoms with Gasteiger partial charge >= 0.3 is 0 Å². The third-order valence-corrected chi connectivity index (χ3v) is 3.51. The van der Waals surface area contributed by atoms with Crippen LogP contribution in [-0.4, -0.2) is 9.97 Å². The van der Waals surface area contributed by atoms with Crippen molar-refractivity contribution in [3.63, 3.8) is 0 Å². The fourth-order valence-electron chi connectivity index (χ4n) is 1.69. The van der Waals surface area contributed by atoms with Crippen molar-refractivity contribution >= 4 is 11.3 Å². The van der Waals surface area contributed by atoms with Crippen molar-refractivity contribution in [1.29, 1.82) is 0 Å². The lowest BCUT2D eigenvalue weighted by molar-refractivity contribution is 0.710. The molecule has 1 atom stereocenters. The molecule has 2 aromatic heterocycles. The lowest BCUT2D eigenvalue weighted by atomic mass is 10.0. The summed E-state index contributed by atoms with van der Waals surface area (Å²) in [6.45, 7) is 4.04. The second kappa shape index (κ2) is 4.72. The normalized spacial score (nSPS) is 12.7. The molecule has 4 heteroatoms. The number of nitrogens with zero attached hydrogens (tertiary/aromatic N) is 2. The SMILES string of the molecule is Cc1csc(CC(N)c2ccncc2C)n1. The standard InChI is InChI=1S/C12H15N3S/c1-8-6-14-4-3-10(8)11(13)5-12-15-9(2)7-16-12/h3-4,6-7,11H,5,13H2,1-2H3. The molecule has 0 saturated heterocycles. The fourth-order valence-corrected chi connectivity index (χ4v) is 2.53. The molecule has 2 heterocycles. The van der Waals surface area contributed by atoms with Crippen molar-refractivity contribution in [3.8, 4) is 0 Å². The van der Waals surface area contributed by atoms with Crippen molar-refractivity contribution < 1.29 is 0 Å². The van der Waals surface area contributed by atoms with Gasteiger partial charge in [0.15, 0.2) is 0 Å². The summed E-state index contributed by atoms with van der Waals surface area (Å²) in [5.74, 6) is 0. The van der Waals surface area contributed by atoms with Crippen LogP contribution in [0.2, 0.25) is 0 Å². The van der Waals surface area contributed by atoms with E-state index in [-0.39, 0.29) is 6.04 Å². The molecule has 16 heavy (non-hydrogen) atoms. The number of hydrogen-bond donors (Lipinski definition) is 1. The molecule has 0 radical (unpaired) electrons. The highest BCUT2D eigenvalue weighted by atomic mass is 32.1. The first-order chi connectivity index (χ1) is 7.66. The van der Waals surface area contributed by atoms with Crippen LogP contribution >= 0.6 is 11.3 Å². The Morgan fingerprint density at radius 2 is 2.25 bits per heavy atom. The summed E-state index contributed by atoms with van der Waals surface area (Å²) in [4.78, 5) is 8.50. The van der Waals surface area contributed by atoms with Gasteiger partial charge in [0.25, 0.3) is 0 Å². The maximum atomic E-state index is 6.18. The zero-order valence-electron chi connectivity index (χ0n) is 9.47. The van der Waals surface area contributed by atoms with Crippen molar-refractivity contribution in [2.75, 3.05) is 0 Å². The molecule has 0 aliphatic rings. The van der Waals surface area contributed by atoms with E-state index in [1.807, 2.05) is 26.1 Å². The van der Waals surface area contributed by atoms with E-state index in [1.165, 1.54) is 0 Å². The van der Waals surface area contributed by atoms with Gasteiger partial charge in [-0.3, -0.25) is 4.98 Å². The molecule has 0 amide bonds. The van der Waals surface area contributed by atoms with Gasteiger partial charge in [0.05, 0.1) is 5.01 Å². The fraction of sp³-hybridized carbons (Fsp3) is 0.333. The zero-order valence-corrected chi connectivity index (χ0v) is 10.3. The van der Waals surface area contributed by atoms with Crippen LogP contribution in [0.4, 0.5) is 0 Å². The van der Waals surface area contributed by atoms with Crippen LogP contribution in [0.5, 0.6) is 0 Å². The van der Waals surface area contributed by atoms with Crippen LogP contribution in [-0.2, 0) is 6.42 Å². The lowest BCUT2D eigenvalue weighted by Crippen LogP contribution is -2.14. The summed E-state index contributed by atoms with van der Waals surface area (Å²) < 4.78 is 0. The first-order valence-electron chi connectivity index (χ1n) is 5.24. The molecular formula is C12H15N3S. The van der Waals surface area contributed by atoms with E-state index in [2.05, 4.69) is 15.3 Å². The van der Waals surface area contributed by atoms with E-state index >= 15 is 0 Å². The summed E-state index contributed by atoms with van der Waals surface area (Å²) in [7, 11) is 0. The second-order valence-electron chi connectivity index (χ2n) is 3.93. The highest BCUT2D eigenvalue weighted by molar-refractivity contribution is 7.09. The Labute approximate surface area is 99.4 Å². The topological polar surface area (TPSA) is 51.8 Å². The highest BCUT2D eigenvalue weighted by Crippen LogP contribution is 2.20. The van der Waals surface area contributed by atoms with Gasteiger partial charge in [-0.25, -0.2) is 4.98 Å². The van der Waals surface area contributed by atoms with E-state index in [1.54, 1.807) is 17.5 Å². The minimum absolute atomic E-state index is 0.00792. The van der Waals surface area contributed by atoms with E-state index < -0.39 is 0 Å². The van der Waals surface area contributed by atoms with E-state index in [4.69, 9.17) is 5.73 Å². The minimum Gasteiger partial charge on any atom is -0.324 e. The second-order valence-corrected chi connectivity index (χ2v) is 4.87. The number of thiazole rings is 1. The Kier molecular flexibility index (Phi) is 3.31. The van der Waals surface area contributed by atoms with Crippen LogP contribution in [0.3, 0.4) is 0 Å². The van der Waals surface area contributed by atoms with Gasteiger partial charge in [-0.05, 0) is 31.0 Å². The third-order valence-electron chi connectivity index (χ3n) is 2.52. The van der Waals surface area contributed by atoms with Gasteiger partial charge in [0, 0.05) is 35.9 Å². The maximum Gasteiger partial charge on any atom is 0.0947 e. The van der Waals surface area contributed by atoms with Gasteiger partial charge < -0.3 is 5.73 Å². The largest absolute Gasteiger partial charge is 0.324 e. The van der Waals surface area contributed by atoms with Crippen LogP contribution in [0.15, 0.2) is 23.8 Å². The smallest absolute Gasteiger partial charge is 0.0947 e. The van der Waals surface area contributed by atoms with E-state index in [9.17, 15) is 0 Å². The molecule has 3 nitrogen and oxygen atoms in total. The van der Waals surface area contributed by atoms with Crippen LogP contribution in [0.25, 0.3) is 0 Å². The molecule has 2 N–H and O–H groups in total. The average Bonchev–Trinajstić information content (AvgIpc) is 2.64. The summed E-state index contributed by atoms with van der Waals surface area (Å²) >= 11 is 1.67. The first kappa shape index (κ1) is 11.2. The van der Waals surface area contributed by atoms with Crippen LogP contribution < -0.4 is 5.73 Å². The summed E-state index contributed by atoms with van der Waals surface area (Å²) in [6, 6.07) is 1.99. The lowest BCUT2D eigenvalue weighted by Gasteiger charge is -2.12.